The second-order valence-corrected chi connectivity index (χ2v) is 21.5. The molecule has 228 valence electrons. The largest absolute Gasteiger partial charge is 0.445 e. The molecule has 0 aromatic heterocycles. The number of β-lactam (4-membered cyclic amide) rings is 1. The molecule has 10 heteroatoms. The Balaban J connectivity index is 2.24. The minimum absolute atomic E-state index is 0.0358. The monoisotopic (exact) mass is 594 g/mol. The van der Waals surface area contributed by atoms with Gasteiger partial charge in [-0.1, -0.05) is 60.3 Å². The van der Waals surface area contributed by atoms with Gasteiger partial charge in [-0.2, -0.15) is 0 Å². The maximum atomic E-state index is 13.5. The van der Waals surface area contributed by atoms with E-state index in [1.807, 2.05) is 13.0 Å². The Bertz CT molecular complexity index is 997. The smallest absolute Gasteiger partial charge is 0.410 e. The van der Waals surface area contributed by atoms with Crippen LogP contribution in [0.2, 0.25) is 31.2 Å². The summed E-state index contributed by atoms with van der Waals surface area (Å²) < 4.78 is 18.5. The normalized spacial score (nSPS) is 25.8. The van der Waals surface area contributed by atoms with Crippen LogP contribution in [0.4, 0.5) is 4.79 Å². The summed E-state index contributed by atoms with van der Waals surface area (Å²) >= 11 is 0. The van der Waals surface area contributed by atoms with Gasteiger partial charge in [-0.25, -0.2) is 4.79 Å². The van der Waals surface area contributed by atoms with E-state index in [2.05, 4.69) is 79.6 Å². The van der Waals surface area contributed by atoms with Gasteiger partial charge in [0.2, 0.25) is 5.91 Å². The quantitative estimate of drug-likeness (QED) is 0.145. The lowest BCUT2D eigenvalue weighted by Gasteiger charge is -2.54. The van der Waals surface area contributed by atoms with Gasteiger partial charge >= 0.3 is 6.09 Å². The van der Waals surface area contributed by atoms with Crippen LogP contribution in [0.1, 0.15) is 68.2 Å². The van der Waals surface area contributed by atoms with Crippen molar-refractivity contribution in [1.29, 1.82) is 0 Å². The highest BCUT2D eigenvalue weighted by atomic mass is 28.4. The van der Waals surface area contributed by atoms with E-state index in [4.69, 9.17) is 13.6 Å². The average molecular weight is 595 g/mol. The van der Waals surface area contributed by atoms with E-state index in [1.165, 1.54) is 6.08 Å². The van der Waals surface area contributed by atoms with E-state index >= 15 is 0 Å². The van der Waals surface area contributed by atoms with Gasteiger partial charge in [0.15, 0.2) is 23.1 Å². The van der Waals surface area contributed by atoms with E-state index in [9.17, 15) is 14.4 Å². The summed E-state index contributed by atoms with van der Waals surface area (Å²) in [7, 11) is -3.52. The van der Waals surface area contributed by atoms with Gasteiger partial charge in [0.05, 0.1) is 29.7 Å². The highest BCUT2D eigenvalue weighted by Gasteiger charge is 2.57. The lowest BCUT2D eigenvalue weighted by atomic mass is 9.63. The number of carbonyl (C=O) groups excluding carboxylic acids is 3. The molecule has 0 radical (unpaired) electrons. The van der Waals surface area contributed by atoms with Crippen LogP contribution < -0.4 is 5.32 Å². The van der Waals surface area contributed by atoms with E-state index in [1.54, 1.807) is 11.8 Å². The molecule has 0 spiro atoms. The number of hydrogen-bond acceptors (Lipinski definition) is 6. The van der Waals surface area contributed by atoms with Crippen molar-refractivity contribution in [1.82, 2.24) is 10.2 Å². The number of likely N-dealkylation sites (tertiary alicyclic amines) is 1. The number of Topliss-reactive ketones (excluding diaryl/α,β-unsaturated/α-hetero) is 1. The first-order valence-corrected chi connectivity index (χ1v) is 20.3. The molecule has 8 nitrogen and oxygen atoms in total. The van der Waals surface area contributed by atoms with Crippen LogP contribution in [-0.4, -0.2) is 77.0 Å². The Hall–Kier alpha value is -1.76. The Kier molecular flexibility index (Phi) is 10.9. The SMILES string of the molecule is C=CCOC(=O)N1C[C@@H](O[Si](C)(C)C(C)(C)C)C[C@H]1/C=C(\C)C(=O)C[C@H]1NC(=O)[C@@H]1[C@@](C)(O[SiH](C)C)C(C)(C)C. The fraction of sp³-hybridized carbons (Fsp3) is 0.767. The van der Waals surface area contributed by atoms with E-state index in [-0.39, 0.29) is 53.4 Å². The topological polar surface area (TPSA) is 94.2 Å². The van der Waals surface area contributed by atoms with Crippen molar-refractivity contribution in [3.63, 3.8) is 0 Å². The molecule has 0 bridgehead atoms. The number of carbonyl (C=O) groups is 3. The van der Waals surface area contributed by atoms with Crippen molar-refractivity contribution < 1.29 is 28.0 Å². The fourth-order valence-electron chi connectivity index (χ4n) is 5.28. The van der Waals surface area contributed by atoms with E-state index in [0.29, 0.717) is 18.5 Å². The molecule has 0 aromatic rings. The van der Waals surface area contributed by atoms with Gasteiger partial charge in [-0.15, -0.1) is 0 Å². The summed E-state index contributed by atoms with van der Waals surface area (Å²) in [5, 5.41) is 3.00. The molecular formula is C30H54N2O6Si2. The van der Waals surface area contributed by atoms with Crippen molar-refractivity contribution in [3.8, 4) is 0 Å². The number of ether oxygens (including phenoxy) is 1. The lowest BCUT2D eigenvalue weighted by molar-refractivity contribution is -0.160. The van der Waals surface area contributed by atoms with Crippen LogP contribution in [0.25, 0.3) is 0 Å². The molecule has 40 heavy (non-hydrogen) atoms. The predicted octanol–water partition coefficient (Wildman–Crippen LogP) is 5.60. The molecule has 5 atom stereocenters. The highest BCUT2D eigenvalue weighted by molar-refractivity contribution is 6.74. The molecule has 2 saturated heterocycles. The van der Waals surface area contributed by atoms with Gasteiger partial charge in [-0.05, 0) is 62.5 Å². The summed E-state index contributed by atoms with van der Waals surface area (Å²) in [6, 6.07) is -0.620. The van der Waals surface area contributed by atoms with E-state index in [0.717, 1.165) is 0 Å². The van der Waals surface area contributed by atoms with Crippen LogP contribution in [-0.2, 0) is 23.2 Å². The molecule has 2 heterocycles. The zero-order valence-corrected chi connectivity index (χ0v) is 29.1. The maximum Gasteiger partial charge on any atom is 0.410 e. The Morgan fingerprint density at radius 2 is 1.75 bits per heavy atom. The zero-order valence-electron chi connectivity index (χ0n) is 27.0. The number of amides is 2. The number of nitrogens with zero attached hydrogens (tertiary/aromatic N) is 1. The Morgan fingerprint density at radius 3 is 2.23 bits per heavy atom. The van der Waals surface area contributed by atoms with Gasteiger partial charge < -0.3 is 18.9 Å². The predicted molar refractivity (Wildman–Crippen MR) is 165 cm³/mol. The van der Waals surface area contributed by atoms with Crippen molar-refractivity contribution in [2.45, 2.75) is 123 Å². The van der Waals surface area contributed by atoms with Crippen molar-refractivity contribution in [2.75, 3.05) is 13.2 Å². The molecule has 0 saturated carbocycles. The number of hydrogen-bond donors (Lipinski definition) is 1. The second-order valence-electron chi connectivity index (χ2n) is 14.4. The first-order valence-electron chi connectivity index (χ1n) is 14.6. The molecule has 2 aliphatic heterocycles. The molecule has 1 N–H and O–H groups in total. The third kappa shape index (κ3) is 7.74. The molecule has 2 aliphatic rings. The van der Waals surface area contributed by atoms with Gasteiger partial charge in [-0.3, -0.25) is 14.5 Å². The van der Waals surface area contributed by atoms with E-state index < -0.39 is 35.0 Å². The van der Waals surface area contributed by atoms with Gasteiger partial charge in [0.1, 0.15) is 6.61 Å². The molecule has 2 rings (SSSR count). The molecule has 2 amide bonds. The average Bonchev–Trinajstić information content (AvgIpc) is 3.15. The second kappa shape index (κ2) is 12.6. The summed E-state index contributed by atoms with van der Waals surface area (Å²) in [4.78, 5) is 40.8. The number of rotatable bonds is 11. The van der Waals surface area contributed by atoms with Crippen LogP contribution >= 0.6 is 0 Å². The molecule has 0 aliphatic carbocycles. The zero-order chi connectivity index (χ0) is 30.8. The molecule has 0 aromatic carbocycles. The minimum Gasteiger partial charge on any atom is -0.445 e. The highest BCUT2D eigenvalue weighted by Crippen LogP contribution is 2.45. The van der Waals surface area contributed by atoms with Crippen molar-refractivity contribution in [3.05, 3.63) is 24.3 Å². The molecule has 0 unspecified atom stereocenters. The summed E-state index contributed by atoms with van der Waals surface area (Å²) in [6.45, 7) is 29.4. The number of nitrogens with one attached hydrogen (secondary N) is 1. The third-order valence-corrected chi connectivity index (χ3v) is 14.5. The maximum absolute atomic E-state index is 13.5. The molecular weight excluding hydrogens is 541 g/mol. The lowest BCUT2D eigenvalue weighted by Crippen LogP contribution is -2.70. The molecule has 2 fully saturated rings. The number of ketones is 1. The van der Waals surface area contributed by atoms with Crippen LogP contribution in [0.3, 0.4) is 0 Å². The van der Waals surface area contributed by atoms with Crippen molar-refractivity contribution >= 4 is 35.1 Å². The van der Waals surface area contributed by atoms with Gasteiger partial charge in [0, 0.05) is 13.0 Å². The Labute approximate surface area is 245 Å². The fourth-order valence-corrected chi connectivity index (χ4v) is 8.12. The van der Waals surface area contributed by atoms with Crippen LogP contribution in [0.15, 0.2) is 24.3 Å². The third-order valence-electron chi connectivity index (χ3n) is 8.99. The first kappa shape index (κ1) is 34.4. The first-order chi connectivity index (χ1) is 18.1. The van der Waals surface area contributed by atoms with Crippen LogP contribution in [0.5, 0.6) is 0 Å². The summed E-state index contributed by atoms with van der Waals surface area (Å²) in [5.74, 6) is -0.524. The minimum atomic E-state index is -2.06. The van der Waals surface area contributed by atoms with Crippen molar-refractivity contribution in [2.24, 2.45) is 11.3 Å². The Morgan fingerprint density at radius 1 is 1.15 bits per heavy atom. The standard InChI is InChI=1S/C30H54N2O6Si2/c1-14-15-36-27(35)32-19-22(37-40(12,13)29(6,7)8)17-21(32)16-20(2)24(33)18-23-25(26(34)31-23)30(9,28(3,4)5)38-39(10)11/h14,16,21-23,25,39H,1,15,17-19H2,2-13H3,(H,31,34)/b20-16+/t21-,22+,23-,25-,30-/m1/s1. The summed E-state index contributed by atoms with van der Waals surface area (Å²) in [5.41, 5.74) is -0.395. The van der Waals surface area contributed by atoms with Gasteiger partial charge in [0.25, 0.3) is 0 Å². The summed E-state index contributed by atoms with van der Waals surface area (Å²) in [6.07, 6.45) is 3.61. The van der Waals surface area contributed by atoms with Crippen LogP contribution in [0, 0.1) is 11.3 Å². The number of allylic oxidation sites excluding steroid dienone is 1.